The van der Waals surface area contributed by atoms with Crippen molar-refractivity contribution in [1.29, 1.82) is 0 Å². The van der Waals surface area contributed by atoms with E-state index < -0.39 is 0 Å². The van der Waals surface area contributed by atoms with Crippen LogP contribution in [0, 0.1) is 0 Å². The third-order valence-corrected chi connectivity index (χ3v) is 3.28. The fourth-order valence-electron chi connectivity index (χ4n) is 2.16. The zero-order chi connectivity index (χ0) is 16.7. The fourth-order valence-corrected chi connectivity index (χ4v) is 2.16. The van der Waals surface area contributed by atoms with Gasteiger partial charge in [0, 0.05) is 11.8 Å². The summed E-state index contributed by atoms with van der Waals surface area (Å²) in [5, 5.41) is 10.2. The van der Waals surface area contributed by atoms with E-state index in [0.717, 1.165) is 22.6 Å². The predicted molar refractivity (Wildman–Crippen MR) is 93.4 cm³/mol. The molecule has 0 unspecified atom stereocenters. The number of aromatic hydroxyl groups is 1. The molecule has 0 aliphatic rings. The monoisotopic (exact) mass is 311 g/mol. The minimum Gasteiger partial charge on any atom is -0.504 e. The van der Waals surface area contributed by atoms with Crippen LogP contribution in [-0.4, -0.2) is 25.0 Å². The zero-order valence-corrected chi connectivity index (χ0v) is 13.5. The molecule has 0 saturated carbocycles. The van der Waals surface area contributed by atoms with Gasteiger partial charge in [0.25, 0.3) is 0 Å². The second-order valence-corrected chi connectivity index (χ2v) is 4.91. The van der Waals surface area contributed by atoms with Crippen molar-refractivity contribution in [3.05, 3.63) is 60.2 Å². The van der Waals surface area contributed by atoms with Crippen LogP contribution < -0.4 is 9.47 Å². The first-order chi connectivity index (χ1) is 11.2. The highest BCUT2D eigenvalue weighted by molar-refractivity contribution is 5.83. The molecule has 0 atom stereocenters. The van der Waals surface area contributed by atoms with Crippen LogP contribution in [0.15, 0.2) is 54.0 Å². The number of aliphatic imine (C=N–C) groups is 1. The summed E-state index contributed by atoms with van der Waals surface area (Å²) in [6, 6.07) is 11.1. The molecule has 120 valence electrons. The van der Waals surface area contributed by atoms with Crippen LogP contribution in [0.25, 0.3) is 0 Å². The van der Waals surface area contributed by atoms with Gasteiger partial charge in [-0.2, -0.15) is 0 Å². The molecular weight excluding hydrogens is 290 g/mol. The van der Waals surface area contributed by atoms with Crippen LogP contribution in [0.1, 0.15) is 18.1 Å². The van der Waals surface area contributed by atoms with E-state index in [1.54, 1.807) is 25.5 Å². The Balaban J connectivity index is 2.29. The van der Waals surface area contributed by atoms with Crippen LogP contribution in [0.3, 0.4) is 0 Å². The molecule has 0 bridgehead atoms. The Kier molecular flexibility index (Phi) is 5.80. The van der Waals surface area contributed by atoms with Crippen molar-refractivity contribution >= 4 is 11.9 Å². The van der Waals surface area contributed by atoms with Gasteiger partial charge in [0.2, 0.25) is 0 Å². The molecule has 0 radical (unpaired) electrons. The first-order valence-electron chi connectivity index (χ1n) is 7.45. The number of benzene rings is 2. The van der Waals surface area contributed by atoms with E-state index in [0.29, 0.717) is 18.8 Å². The van der Waals surface area contributed by atoms with Crippen LogP contribution in [0.2, 0.25) is 0 Å². The van der Waals surface area contributed by atoms with Crippen LogP contribution in [0.4, 0.5) is 5.69 Å². The third-order valence-electron chi connectivity index (χ3n) is 3.28. The first-order valence-corrected chi connectivity index (χ1v) is 7.45. The van der Waals surface area contributed by atoms with E-state index in [4.69, 9.17) is 9.47 Å². The highest BCUT2D eigenvalue weighted by Crippen LogP contribution is 2.32. The van der Waals surface area contributed by atoms with Gasteiger partial charge in [-0.1, -0.05) is 6.08 Å². The molecule has 0 saturated heterocycles. The lowest BCUT2D eigenvalue weighted by molar-refractivity contribution is 0.317. The highest BCUT2D eigenvalue weighted by atomic mass is 16.5. The van der Waals surface area contributed by atoms with Crippen molar-refractivity contribution in [3.8, 4) is 17.2 Å². The lowest BCUT2D eigenvalue weighted by Gasteiger charge is -2.10. The Bertz CT molecular complexity index is 691. The van der Waals surface area contributed by atoms with Gasteiger partial charge >= 0.3 is 0 Å². The van der Waals surface area contributed by atoms with Gasteiger partial charge in [-0.15, -0.1) is 6.58 Å². The van der Waals surface area contributed by atoms with Crippen molar-refractivity contribution in [2.45, 2.75) is 13.3 Å². The molecular formula is C19H21NO3. The number of rotatable bonds is 7. The fraction of sp³-hybridized carbons (Fsp3) is 0.211. The number of nitrogens with zero attached hydrogens (tertiary/aromatic N) is 1. The van der Waals surface area contributed by atoms with Crippen molar-refractivity contribution in [3.63, 3.8) is 0 Å². The largest absolute Gasteiger partial charge is 0.504 e. The van der Waals surface area contributed by atoms with E-state index in [9.17, 15) is 5.11 Å². The third kappa shape index (κ3) is 4.36. The van der Waals surface area contributed by atoms with E-state index in [-0.39, 0.29) is 5.75 Å². The standard InChI is InChI=1S/C19H21NO3/c1-4-6-15-11-14(12-18(19(15)21)23-5-2)13-20-16-7-9-17(22-3)10-8-16/h4,7-13,21H,1,5-6H2,2-3H3. The molecule has 23 heavy (non-hydrogen) atoms. The minimum atomic E-state index is 0.161. The van der Waals surface area contributed by atoms with Crippen LogP contribution in [-0.2, 0) is 6.42 Å². The molecule has 2 aromatic rings. The summed E-state index contributed by atoms with van der Waals surface area (Å²) in [7, 11) is 1.63. The lowest BCUT2D eigenvalue weighted by atomic mass is 10.1. The average Bonchev–Trinajstić information content (AvgIpc) is 2.57. The number of hydrogen-bond acceptors (Lipinski definition) is 4. The number of methoxy groups -OCH3 is 1. The van der Waals surface area contributed by atoms with Gasteiger partial charge in [-0.3, -0.25) is 4.99 Å². The molecule has 0 spiro atoms. The molecule has 0 fully saturated rings. The summed E-state index contributed by atoms with van der Waals surface area (Å²) >= 11 is 0. The molecule has 4 nitrogen and oxygen atoms in total. The second kappa shape index (κ2) is 8.03. The summed E-state index contributed by atoms with van der Waals surface area (Å²) in [5.41, 5.74) is 2.45. The summed E-state index contributed by atoms with van der Waals surface area (Å²) in [6.45, 7) is 6.08. The lowest BCUT2D eigenvalue weighted by Crippen LogP contribution is -1.96. The average molecular weight is 311 g/mol. The van der Waals surface area contributed by atoms with Gasteiger partial charge in [0.1, 0.15) is 5.75 Å². The summed E-state index contributed by atoms with van der Waals surface area (Å²) in [6.07, 6.45) is 4.06. The van der Waals surface area contributed by atoms with Crippen molar-refractivity contribution in [1.82, 2.24) is 0 Å². The van der Waals surface area contributed by atoms with E-state index in [1.807, 2.05) is 37.3 Å². The maximum Gasteiger partial charge on any atom is 0.161 e. The van der Waals surface area contributed by atoms with Crippen molar-refractivity contribution in [2.24, 2.45) is 4.99 Å². The number of ether oxygens (including phenoxy) is 2. The van der Waals surface area contributed by atoms with Crippen LogP contribution >= 0.6 is 0 Å². The maximum absolute atomic E-state index is 10.2. The highest BCUT2D eigenvalue weighted by Gasteiger charge is 2.09. The molecule has 0 aliphatic carbocycles. The SMILES string of the molecule is C=CCc1cc(C=Nc2ccc(OC)cc2)cc(OCC)c1O. The quantitative estimate of drug-likeness (QED) is 0.613. The van der Waals surface area contributed by atoms with Gasteiger partial charge in [-0.05, 0) is 55.3 Å². The number of phenols is 1. The molecule has 0 aliphatic heterocycles. The van der Waals surface area contributed by atoms with Crippen LogP contribution in [0.5, 0.6) is 17.2 Å². The molecule has 1 N–H and O–H groups in total. The summed E-state index contributed by atoms with van der Waals surface area (Å²) in [4.78, 5) is 4.44. The number of allylic oxidation sites excluding steroid dienone is 1. The van der Waals surface area contributed by atoms with Gasteiger partial charge in [0.15, 0.2) is 11.5 Å². The van der Waals surface area contributed by atoms with E-state index in [2.05, 4.69) is 11.6 Å². The predicted octanol–water partition coefficient (Wildman–Crippen LogP) is 4.28. The Morgan fingerprint density at radius 1 is 1.22 bits per heavy atom. The zero-order valence-electron chi connectivity index (χ0n) is 13.5. The second-order valence-electron chi connectivity index (χ2n) is 4.91. The molecule has 0 amide bonds. The Hall–Kier alpha value is -2.75. The minimum absolute atomic E-state index is 0.161. The molecule has 2 aromatic carbocycles. The summed E-state index contributed by atoms with van der Waals surface area (Å²) in [5.74, 6) is 1.41. The van der Waals surface area contributed by atoms with Gasteiger partial charge in [-0.25, -0.2) is 0 Å². The molecule has 0 heterocycles. The van der Waals surface area contributed by atoms with Crippen molar-refractivity contribution < 1.29 is 14.6 Å². The Morgan fingerprint density at radius 2 is 1.96 bits per heavy atom. The number of hydrogen-bond donors (Lipinski definition) is 1. The normalized spacial score (nSPS) is 10.7. The first kappa shape index (κ1) is 16.6. The smallest absolute Gasteiger partial charge is 0.161 e. The molecule has 0 aromatic heterocycles. The van der Waals surface area contributed by atoms with E-state index in [1.165, 1.54) is 0 Å². The van der Waals surface area contributed by atoms with Gasteiger partial charge < -0.3 is 14.6 Å². The van der Waals surface area contributed by atoms with E-state index >= 15 is 0 Å². The number of phenolic OH excluding ortho intramolecular Hbond substituents is 1. The Morgan fingerprint density at radius 3 is 2.57 bits per heavy atom. The van der Waals surface area contributed by atoms with Crippen molar-refractivity contribution in [2.75, 3.05) is 13.7 Å². The van der Waals surface area contributed by atoms with Gasteiger partial charge in [0.05, 0.1) is 19.4 Å². The Labute approximate surface area is 136 Å². The maximum atomic E-state index is 10.2. The summed E-state index contributed by atoms with van der Waals surface area (Å²) < 4.78 is 10.6. The molecule has 4 heteroatoms. The molecule has 2 rings (SSSR count). The topological polar surface area (TPSA) is 51.0 Å².